The fourth-order valence-corrected chi connectivity index (χ4v) is 2.21. The molecule has 7 heteroatoms. The predicted molar refractivity (Wildman–Crippen MR) is 79.8 cm³/mol. The molecule has 0 saturated carbocycles. The van der Waals surface area contributed by atoms with Crippen LogP contribution in [0.3, 0.4) is 0 Å². The maximum atomic E-state index is 12.0. The molecule has 0 aliphatic heterocycles. The highest BCUT2D eigenvalue weighted by molar-refractivity contribution is 8.00. The summed E-state index contributed by atoms with van der Waals surface area (Å²) >= 11 is 1.27. The van der Waals surface area contributed by atoms with Crippen molar-refractivity contribution >= 4 is 29.2 Å². The standard InChI is InChI=1S/C14H17NO5S/c1-4-20-14(17)13(15-19-3)12(16)9-21-11-7-5-6-10(8-11)18-2/h5-8H,4,9H2,1-3H3. The van der Waals surface area contributed by atoms with Gasteiger partial charge in [-0.1, -0.05) is 11.2 Å². The Morgan fingerprint density at radius 3 is 2.67 bits per heavy atom. The monoisotopic (exact) mass is 311 g/mol. The number of ketones is 1. The topological polar surface area (TPSA) is 74.2 Å². The number of ether oxygens (including phenoxy) is 2. The minimum Gasteiger partial charge on any atom is -0.497 e. The van der Waals surface area contributed by atoms with Crippen LogP contribution in [0.1, 0.15) is 6.92 Å². The average Bonchev–Trinajstić information content (AvgIpc) is 2.50. The van der Waals surface area contributed by atoms with Gasteiger partial charge < -0.3 is 14.3 Å². The number of hydrogen-bond acceptors (Lipinski definition) is 7. The summed E-state index contributed by atoms with van der Waals surface area (Å²) in [4.78, 5) is 29.0. The molecule has 0 saturated heterocycles. The Kier molecular flexibility index (Phi) is 7.31. The Labute approximate surface area is 127 Å². The molecule has 0 N–H and O–H groups in total. The fraction of sp³-hybridized carbons (Fsp3) is 0.357. The number of esters is 1. The summed E-state index contributed by atoms with van der Waals surface area (Å²) in [5.74, 6) is -0.490. The minimum absolute atomic E-state index is 0.0498. The maximum absolute atomic E-state index is 12.0. The Morgan fingerprint density at radius 1 is 1.29 bits per heavy atom. The third-order valence-corrected chi connectivity index (χ3v) is 3.32. The molecule has 1 aromatic rings. The smallest absolute Gasteiger partial charge is 0.364 e. The zero-order valence-corrected chi connectivity index (χ0v) is 12.9. The first-order valence-electron chi connectivity index (χ1n) is 6.20. The van der Waals surface area contributed by atoms with Crippen molar-refractivity contribution in [3.05, 3.63) is 24.3 Å². The number of benzene rings is 1. The molecule has 6 nitrogen and oxygen atoms in total. The van der Waals surface area contributed by atoms with Gasteiger partial charge in [-0.2, -0.15) is 0 Å². The number of Topliss-reactive ketones (excluding diaryl/α,β-unsaturated/α-hetero) is 1. The molecule has 0 aliphatic carbocycles. The second-order valence-electron chi connectivity index (χ2n) is 3.73. The second-order valence-corrected chi connectivity index (χ2v) is 4.78. The zero-order valence-electron chi connectivity index (χ0n) is 12.1. The second kappa shape index (κ2) is 9.02. The van der Waals surface area contributed by atoms with Crippen molar-refractivity contribution < 1.29 is 23.9 Å². The van der Waals surface area contributed by atoms with Crippen molar-refractivity contribution in [1.82, 2.24) is 0 Å². The number of thioether (sulfide) groups is 1. The summed E-state index contributed by atoms with van der Waals surface area (Å²) in [5.41, 5.74) is -0.338. The van der Waals surface area contributed by atoms with Crippen LogP contribution in [0.5, 0.6) is 5.75 Å². The Bertz CT molecular complexity index is 530. The van der Waals surface area contributed by atoms with E-state index >= 15 is 0 Å². The van der Waals surface area contributed by atoms with Gasteiger partial charge in [-0.3, -0.25) is 4.79 Å². The molecule has 0 radical (unpaired) electrons. The highest BCUT2D eigenvalue weighted by Gasteiger charge is 2.22. The summed E-state index contributed by atoms with van der Waals surface area (Å²) in [7, 11) is 2.83. The van der Waals surface area contributed by atoms with Gasteiger partial charge in [0, 0.05) is 4.90 Å². The third kappa shape index (κ3) is 5.47. The van der Waals surface area contributed by atoms with Gasteiger partial charge >= 0.3 is 5.97 Å². The molecule has 0 atom stereocenters. The van der Waals surface area contributed by atoms with Gasteiger partial charge in [0.2, 0.25) is 11.5 Å². The van der Waals surface area contributed by atoms with Gasteiger partial charge in [0.1, 0.15) is 12.9 Å². The lowest BCUT2D eigenvalue weighted by Crippen LogP contribution is -2.28. The minimum atomic E-state index is -0.782. The van der Waals surface area contributed by atoms with Crippen LogP contribution < -0.4 is 4.74 Å². The molecule has 0 unspecified atom stereocenters. The lowest BCUT2D eigenvalue weighted by molar-refractivity contribution is -0.135. The summed E-state index contributed by atoms with van der Waals surface area (Å²) in [6.07, 6.45) is 0. The van der Waals surface area contributed by atoms with E-state index in [1.165, 1.54) is 18.9 Å². The summed E-state index contributed by atoms with van der Waals surface area (Å²) in [6, 6.07) is 7.27. The molecular weight excluding hydrogens is 294 g/mol. The first kappa shape index (κ1) is 17.0. The molecule has 114 valence electrons. The van der Waals surface area contributed by atoms with Gasteiger partial charge in [0.15, 0.2) is 0 Å². The maximum Gasteiger partial charge on any atom is 0.364 e. The van der Waals surface area contributed by atoms with Gasteiger partial charge in [-0.05, 0) is 25.1 Å². The fourth-order valence-electron chi connectivity index (χ4n) is 1.40. The quantitative estimate of drug-likeness (QED) is 0.240. The molecule has 0 heterocycles. The van der Waals surface area contributed by atoms with E-state index in [9.17, 15) is 9.59 Å². The molecule has 0 bridgehead atoms. The first-order chi connectivity index (χ1) is 10.1. The number of nitrogens with zero attached hydrogens (tertiary/aromatic N) is 1. The van der Waals surface area contributed by atoms with Gasteiger partial charge in [0.05, 0.1) is 19.5 Å². The molecule has 0 spiro atoms. The van der Waals surface area contributed by atoms with Crippen molar-refractivity contribution in [1.29, 1.82) is 0 Å². The number of rotatable bonds is 8. The molecule has 0 aliphatic rings. The normalized spacial score (nSPS) is 10.9. The molecule has 21 heavy (non-hydrogen) atoms. The van der Waals surface area contributed by atoms with E-state index in [1.807, 2.05) is 18.2 Å². The van der Waals surface area contributed by atoms with Crippen LogP contribution >= 0.6 is 11.8 Å². The molecule has 0 fully saturated rings. The van der Waals surface area contributed by atoms with Crippen LogP contribution in [0.25, 0.3) is 0 Å². The summed E-state index contributed by atoms with van der Waals surface area (Å²) < 4.78 is 9.87. The first-order valence-corrected chi connectivity index (χ1v) is 7.19. The van der Waals surface area contributed by atoms with Gasteiger partial charge in [-0.25, -0.2) is 4.79 Å². The van der Waals surface area contributed by atoms with Crippen LogP contribution in [0.15, 0.2) is 34.3 Å². The van der Waals surface area contributed by atoms with E-state index < -0.39 is 11.8 Å². The van der Waals surface area contributed by atoms with Crippen LogP contribution in [0, 0.1) is 0 Å². The van der Waals surface area contributed by atoms with Crippen LogP contribution in [0.2, 0.25) is 0 Å². The summed E-state index contributed by atoms with van der Waals surface area (Å²) in [6.45, 7) is 1.82. The third-order valence-electron chi connectivity index (χ3n) is 2.33. The average molecular weight is 311 g/mol. The molecular formula is C14H17NO5S. The van der Waals surface area contributed by atoms with Crippen molar-refractivity contribution in [2.24, 2.45) is 5.16 Å². The Balaban J connectivity index is 2.69. The van der Waals surface area contributed by atoms with Crippen molar-refractivity contribution in [3.63, 3.8) is 0 Å². The highest BCUT2D eigenvalue weighted by Crippen LogP contribution is 2.22. The SMILES string of the molecule is CCOC(=O)C(=NOC)C(=O)CSc1cccc(OC)c1. The van der Waals surface area contributed by atoms with E-state index in [0.717, 1.165) is 4.90 Å². The van der Waals surface area contributed by atoms with E-state index in [-0.39, 0.29) is 18.1 Å². The van der Waals surface area contributed by atoms with Crippen LogP contribution in [-0.4, -0.2) is 44.0 Å². The number of carbonyl (C=O) groups excluding carboxylic acids is 2. The summed E-state index contributed by atoms with van der Waals surface area (Å²) in [5, 5.41) is 3.44. The van der Waals surface area contributed by atoms with Gasteiger partial charge in [0.25, 0.3) is 0 Å². The van der Waals surface area contributed by atoms with Crippen molar-refractivity contribution in [3.8, 4) is 5.75 Å². The molecule has 1 aromatic carbocycles. The van der Waals surface area contributed by atoms with E-state index in [4.69, 9.17) is 9.47 Å². The lowest BCUT2D eigenvalue weighted by atomic mass is 10.3. The van der Waals surface area contributed by atoms with Crippen molar-refractivity contribution in [2.75, 3.05) is 26.6 Å². The molecule has 1 rings (SSSR count). The number of methoxy groups -OCH3 is 1. The molecule has 0 amide bonds. The van der Waals surface area contributed by atoms with Crippen LogP contribution in [-0.2, 0) is 19.2 Å². The number of hydrogen-bond donors (Lipinski definition) is 0. The van der Waals surface area contributed by atoms with Gasteiger partial charge in [-0.15, -0.1) is 11.8 Å². The van der Waals surface area contributed by atoms with Crippen molar-refractivity contribution in [2.45, 2.75) is 11.8 Å². The van der Waals surface area contributed by atoms with E-state index in [1.54, 1.807) is 20.1 Å². The Morgan fingerprint density at radius 2 is 2.05 bits per heavy atom. The van der Waals surface area contributed by atoms with E-state index in [2.05, 4.69) is 9.99 Å². The predicted octanol–water partition coefficient (Wildman–Crippen LogP) is 1.92. The number of oxime groups is 1. The zero-order chi connectivity index (χ0) is 15.7. The van der Waals surface area contributed by atoms with E-state index in [0.29, 0.717) is 5.75 Å². The number of carbonyl (C=O) groups is 2. The Hall–Kier alpha value is -2.02. The van der Waals surface area contributed by atoms with Crippen LogP contribution in [0.4, 0.5) is 0 Å². The lowest BCUT2D eigenvalue weighted by Gasteiger charge is -2.05. The molecule has 0 aromatic heterocycles. The highest BCUT2D eigenvalue weighted by atomic mass is 32.2. The largest absolute Gasteiger partial charge is 0.497 e.